The quantitative estimate of drug-likeness (QED) is 0.777. The maximum atomic E-state index is 5.21. The van der Waals surface area contributed by atoms with Gasteiger partial charge < -0.3 is 15.0 Å². The van der Waals surface area contributed by atoms with Crippen LogP contribution in [0.25, 0.3) is 10.9 Å². The number of fused-ring (bicyclic) bond motifs is 1. The summed E-state index contributed by atoms with van der Waals surface area (Å²) in [5.41, 5.74) is 3.40. The fraction of sp³-hybridized carbons (Fsp3) is 0.462. The molecule has 2 rings (SSSR count). The highest BCUT2D eigenvalue weighted by atomic mass is 16.5. The molecule has 0 atom stereocenters. The minimum atomic E-state index is 0.680. The van der Waals surface area contributed by atoms with Crippen molar-refractivity contribution in [2.75, 3.05) is 20.2 Å². The molecule has 2 N–H and O–H groups in total. The average molecular weight is 233 g/mol. The van der Waals surface area contributed by atoms with Crippen LogP contribution in [-0.2, 0) is 6.42 Å². The summed E-state index contributed by atoms with van der Waals surface area (Å²) in [4.78, 5) is 7.65. The van der Waals surface area contributed by atoms with Crippen LogP contribution >= 0.6 is 0 Å². The van der Waals surface area contributed by atoms with Crippen molar-refractivity contribution in [3.8, 4) is 5.88 Å². The van der Waals surface area contributed by atoms with Gasteiger partial charge in [-0.05, 0) is 32.0 Å². The first-order valence-corrected chi connectivity index (χ1v) is 5.98. The Hall–Kier alpha value is -1.55. The lowest BCUT2D eigenvalue weighted by molar-refractivity contribution is 0.398. The third-order valence-corrected chi connectivity index (χ3v) is 2.94. The van der Waals surface area contributed by atoms with Crippen molar-refractivity contribution in [1.82, 2.24) is 15.3 Å². The zero-order valence-corrected chi connectivity index (χ0v) is 10.6. The van der Waals surface area contributed by atoms with Gasteiger partial charge in [-0.25, -0.2) is 4.98 Å². The molecule has 17 heavy (non-hydrogen) atoms. The first-order valence-electron chi connectivity index (χ1n) is 5.98. The number of nitrogens with one attached hydrogen (secondary N) is 2. The van der Waals surface area contributed by atoms with E-state index in [4.69, 9.17) is 4.74 Å². The number of nitrogens with zero attached hydrogens (tertiary/aromatic N) is 1. The average Bonchev–Trinajstić information content (AvgIpc) is 2.73. The number of pyridine rings is 1. The van der Waals surface area contributed by atoms with Crippen LogP contribution in [0.1, 0.15) is 18.2 Å². The Bertz CT molecular complexity index is 505. The first kappa shape index (κ1) is 11.9. The zero-order valence-electron chi connectivity index (χ0n) is 10.6. The van der Waals surface area contributed by atoms with Crippen molar-refractivity contribution in [2.24, 2.45) is 0 Å². The van der Waals surface area contributed by atoms with Gasteiger partial charge in [0.1, 0.15) is 0 Å². The molecule has 0 saturated carbocycles. The number of aromatic amines is 1. The van der Waals surface area contributed by atoms with Gasteiger partial charge in [0.05, 0.1) is 18.3 Å². The topological polar surface area (TPSA) is 49.9 Å². The molecule has 4 heteroatoms. The number of methoxy groups -OCH3 is 1. The van der Waals surface area contributed by atoms with E-state index in [1.54, 1.807) is 7.11 Å². The molecule has 4 nitrogen and oxygen atoms in total. The molecule has 0 unspecified atom stereocenters. The van der Waals surface area contributed by atoms with Crippen LogP contribution in [0.4, 0.5) is 0 Å². The van der Waals surface area contributed by atoms with E-state index in [0.29, 0.717) is 5.88 Å². The minimum Gasteiger partial charge on any atom is -0.481 e. The molecule has 0 aliphatic carbocycles. The number of hydrogen-bond donors (Lipinski definition) is 2. The Kier molecular flexibility index (Phi) is 3.64. The van der Waals surface area contributed by atoms with E-state index in [1.165, 1.54) is 10.9 Å². The van der Waals surface area contributed by atoms with Gasteiger partial charge in [-0.1, -0.05) is 6.92 Å². The molecular formula is C13H19N3O. The maximum absolute atomic E-state index is 5.21. The van der Waals surface area contributed by atoms with E-state index in [9.17, 15) is 0 Å². The van der Waals surface area contributed by atoms with E-state index < -0.39 is 0 Å². The molecule has 92 valence electrons. The fourth-order valence-electron chi connectivity index (χ4n) is 2.03. The predicted octanol–water partition coefficient (Wildman–Crippen LogP) is 2.03. The second kappa shape index (κ2) is 5.19. The molecule has 0 aromatic carbocycles. The molecular weight excluding hydrogens is 214 g/mol. The molecule has 2 heterocycles. The molecule has 0 fully saturated rings. The molecule has 0 radical (unpaired) electrons. The van der Waals surface area contributed by atoms with Gasteiger partial charge in [-0.3, -0.25) is 0 Å². The molecule has 0 amide bonds. The Balaban J connectivity index is 2.33. The van der Waals surface area contributed by atoms with Crippen LogP contribution in [0, 0.1) is 6.92 Å². The summed E-state index contributed by atoms with van der Waals surface area (Å²) in [6.07, 6.45) is 3.08. The summed E-state index contributed by atoms with van der Waals surface area (Å²) < 4.78 is 5.21. The highest BCUT2D eigenvalue weighted by Gasteiger charge is 2.08. The fourth-order valence-corrected chi connectivity index (χ4v) is 2.03. The van der Waals surface area contributed by atoms with Crippen LogP contribution < -0.4 is 10.1 Å². The third kappa shape index (κ3) is 2.42. The summed E-state index contributed by atoms with van der Waals surface area (Å²) >= 11 is 0. The molecule has 0 aliphatic heterocycles. The number of aromatic nitrogens is 2. The minimum absolute atomic E-state index is 0.680. The number of aryl methyl sites for hydroxylation is 1. The van der Waals surface area contributed by atoms with Crippen molar-refractivity contribution < 1.29 is 4.74 Å². The molecule has 0 spiro atoms. The van der Waals surface area contributed by atoms with E-state index in [-0.39, 0.29) is 0 Å². The number of H-pyrrole nitrogens is 1. The van der Waals surface area contributed by atoms with Crippen molar-refractivity contribution in [3.05, 3.63) is 23.5 Å². The predicted molar refractivity (Wildman–Crippen MR) is 69.6 cm³/mol. The van der Waals surface area contributed by atoms with Gasteiger partial charge in [-0.15, -0.1) is 0 Å². The van der Waals surface area contributed by atoms with Gasteiger partial charge in [0.15, 0.2) is 0 Å². The Morgan fingerprint density at radius 3 is 3.00 bits per heavy atom. The Morgan fingerprint density at radius 2 is 2.29 bits per heavy atom. The largest absolute Gasteiger partial charge is 0.481 e. The first-order chi connectivity index (χ1) is 8.26. The van der Waals surface area contributed by atoms with E-state index >= 15 is 0 Å². The Labute approximate surface area is 101 Å². The molecule has 2 aromatic heterocycles. The molecule has 0 aliphatic rings. The standard InChI is InChI=1S/C13H19N3O/c1-4-14-6-5-10-8-15-13-9(2)16-12(17-3)7-11(10)13/h7-8,14-15H,4-6H2,1-3H3. The van der Waals surface area contributed by atoms with Gasteiger partial charge in [0, 0.05) is 17.6 Å². The normalized spacial score (nSPS) is 11.0. The lowest BCUT2D eigenvalue weighted by Gasteiger charge is -2.04. The molecule has 0 bridgehead atoms. The molecule has 0 saturated heterocycles. The summed E-state index contributed by atoms with van der Waals surface area (Å²) in [6, 6.07) is 2.00. The third-order valence-electron chi connectivity index (χ3n) is 2.94. The van der Waals surface area contributed by atoms with Crippen LogP contribution in [0.2, 0.25) is 0 Å². The maximum Gasteiger partial charge on any atom is 0.213 e. The van der Waals surface area contributed by atoms with E-state index in [1.807, 2.05) is 13.0 Å². The smallest absolute Gasteiger partial charge is 0.213 e. The van der Waals surface area contributed by atoms with Crippen molar-refractivity contribution in [1.29, 1.82) is 0 Å². The lowest BCUT2D eigenvalue weighted by Crippen LogP contribution is -2.15. The van der Waals surface area contributed by atoms with E-state index in [0.717, 1.165) is 30.7 Å². The molecule has 2 aromatic rings. The van der Waals surface area contributed by atoms with Gasteiger partial charge in [0.2, 0.25) is 5.88 Å². The monoisotopic (exact) mass is 233 g/mol. The summed E-state index contributed by atoms with van der Waals surface area (Å²) in [7, 11) is 1.65. The van der Waals surface area contributed by atoms with Crippen LogP contribution in [0.3, 0.4) is 0 Å². The summed E-state index contributed by atoms with van der Waals surface area (Å²) in [5.74, 6) is 0.680. The van der Waals surface area contributed by atoms with Gasteiger partial charge >= 0.3 is 0 Å². The summed E-state index contributed by atoms with van der Waals surface area (Å²) in [6.45, 7) is 6.11. The van der Waals surface area contributed by atoms with Crippen LogP contribution in [-0.4, -0.2) is 30.2 Å². The highest BCUT2D eigenvalue weighted by molar-refractivity contribution is 5.85. The van der Waals surface area contributed by atoms with Crippen LogP contribution in [0.15, 0.2) is 12.3 Å². The number of ether oxygens (including phenoxy) is 1. The highest BCUT2D eigenvalue weighted by Crippen LogP contribution is 2.24. The Morgan fingerprint density at radius 1 is 1.47 bits per heavy atom. The number of hydrogen-bond acceptors (Lipinski definition) is 3. The number of rotatable bonds is 5. The van der Waals surface area contributed by atoms with Crippen molar-refractivity contribution >= 4 is 10.9 Å². The van der Waals surface area contributed by atoms with Crippen molar-refractivity contribution in [3.63, 3.8) is 0 Å². The van der Waals surface area contributed by atoms with Crippen LogP contribution in [0.5, 0.6) is 5.88 Å². The van der Waals surface area contributed by atoms with Gasteiger partial charge in [0.25, 0.3) is 0 Å². The zero-order chi connectivity index (χ0) is 12.3. The van der Waals surface area contributed by atoms with Crippen molar-refractivity contribution in [2.45, 2.75) is 20.3 Å². The summed E-state index contributed by atoms with van der Waals surface area (Å²) in [5, 5.41) is 4.55. The lowest BCUT2D eigenvalue weighted by atomic mass is 10.1. The van der Waals surface area contributed by atoms with Gasteiger partial charge in [-0.2, -0.15) is 0 Å². The second-order valence-corrected chi connectivity index (χ2v) is 4.09. The SMILES string of the molecule is CCNCCc1c[nH]c2c(C)nc(OC)cc12. The number of likely N-dealkylation sites (N-methyl/N-ethyl adjacent to an activating group) is 1. The van der Waals surface area contributed by atoms with E-state index in [2.05, 4.69) is 28.4 Å². The second-order valence-electron chi connectivity index (χ2n) is 4.09.